The number of hydrogen-bond acceptors (Lipinski definition) is 6. The van der Waals surface area contributed by atoms with Gasteiger partial charge in [-0.25, -0.2) is 13.1 Å². The maximum absolute atomic E-state index is 13.4. The zero-order valence-corrected chi connectivity index (χ0v) is 18.4. The highest BCUT2D eigenvalue weighted by Crippen LogP contribution is 2.39. The van der Waals surface area contributed by atoms with Crippen molar-refractivity contribution in [2.75, 3.05) is 6.26 Å². The third kappa shape index (κ3) is 4.52. The Morgan fingerprint density at radius 3 is 2.42 bits per heavy atom. The summed E-state index contributed by atoms with van der Waals surface area (Å²) in [7, 11) is -3.45. The van der Waals surface area contributed by atoms with Gasteiger partial charge in [0.15, 0.2) is 15.5 Å². The van der Waals surface area contributed by atoms with Gasteiger partial charge in [0.1, 0.15) is 5.69 Å². The molecule has 4 aromatic rings. The molecule has 0 saturated heterocycles. The van der Waals surface area contributed by atoms with Gasteiger partial charge < -0.3 is 0 Å². The van der Waals surface area contributed by atoms with E-state index in [0.29, 0.717) is 16.0 Å². The molecule has 0 aliphatic carbocycles. The van der Waals surface area contributed by atoms with Gasteiger partial charge in [-0.15, -0.1) is 11.3 Å². The summed E-state index contributed by atoms with van der Waals surface area (Å²) in [4.78, 5) is 11.2. The third-order valence-electron chi connectivity index (χ3n) is 4.75. The van der Waals surface area contributed by atoms with Crippen molar-refractivity contribution in [3.63, 3.8) is 0 Å². The Labute approximate surface area is 189 Å². The molecule has 2 aromatic heterocycles. The Morgan fingerprint density at radius 2 is 1.76 bits per heavy atom. The highest BCUT2D eigenvalue weighted by atomic mass is 32.2. The molecule has 0 aliphatic heterocycles. The lowest BCUT2D eigenvalue weighted by Gasteiger charge is -2.07. The van der Waals surface area contributed by atoms with Crippen LogP contribution in [0.1, 0.15) is 5.69 Å². The maximum Gasteiger partial charge on any atom is 0.435 e. The first-order valence-corrected chi connectivity index (χ1v) is 12.0. The van der Waals surface area contributed by atoms with Crippen molar-refractivity contribution in [1.82, 2.24) is 9.78 Å². The molecular weight excluding hydrogens is 479 g/mol. The molecule has 0 N–H and O–H groups in total. The van der Waals surface area contributed by atoms with Gasteiger partial charge in [-0.05, 0) is 46.8 Å². The molecule has 0 fully saturated rings. The number of nitro benzene ring substituents is 1. The number of halogens is 3. The molecule has 4 rings (SSSR count). The van der Waals surface area contributed by atoms with Crippen LogP contribution in [0, 0.1) is 10.1 Å². The number of nitrogens with zero attached hydrogens (tertiary/aromatic N) is 3. The molecule has 0 amide bonds. The fraction of sp³-hybridized carbons (Fsp3) is 0.0952. The van der Waals surface area contributed by atoms with E-state index < -0.39 is 32.3 Å². The van der Waals surface area contributed by atoms with Crippen LogP contribution in [0.5, 0.6) is 0 Å². The van der Waals surface area contributed by atoms with E-state index in [9.17, 15) is 31.7 Å². The number of thiophene rings is 1. The summed E-state index contributed by atoms with van der Waals surface area (Å²) < 4.78 is 64.9. The van der Waals surface area contributed by atoms with Gasteiger partial charge in [0, 0.05) is 12.3 Å². The SMILES string of the molecule is CS(=O)(=O)c1cccc(-c2csc(-c3cc(C(F)(F)F)nn3-c3ccccc3[N+](=O)[O-])c2)c1. The summed E-state index contributed by atoms with van der Waals surface area (Å²) in [6.07, 6.45) is -3.68. The number of rotatable bonds is 5. The summed E-state index contributed by atoms with van der Waals surface area (Å²) in [5.41, 5.74) is -0.523. The van der Waals surface area contributed by atoms with E-state index in [1.54, 1.807) is 23.6 Å². The number of hydrogen-bond donors (Lipinski definition) is 0. The Kier molecular flexibility index (Phi) is 5.58. The fourth-order valence-electron chi connectivity index (χ4n) is 3.20. The average Bonchev–Trinajstić information content (AvgIpc) is 3.40. The standard InChI is InChI=1S/C21H14F3N3O4S2/c1-33(30,31)15-6-4-5-13(9-15)14-10-19(32-12-14)18-11-20(21(22,23)24)25-26(18)16-7-2-3-8-17(16)27(28)29/h2-12H,1H3. The van der Waals surface area contributed by atoms with E-state index in [0.717, 1.165) is 28.3 Å². The third-order valence-corrected chi connectivity index (χ3v) is 6.82. The lowest BCUT2D eigenvalue weighted by atomic mass is 10.1. The number of nitro groups is 1. The predicted molar refractivity (Wildman–Crippen MR) is 117 cm³/mol. The van der Waals surface area contributed by atoms with Crippen LogP contribution in [-0.2, 0) is 16.0 Å². The van der Waals surface area contributed by atoms with Crippen LogP contribution < -0.4 is 0 Å². The first-order valence-electron chi connectivity index (χ1n) is 9.25. The average molecular weight is 493 g/mol. The molecule has 170 valence electrons. The second-order valence-electron chi connectivity index (χ2n) is 7.07. The Hall–Kier alpha value is -3.51. The van der Waals surface area contributed by atoms with Gasteiger partial charge in [0.2, 0.25) is 0 Å². The summed E-state index contributed by atoms with van der Waals surface area (Å²) in [5, 5.41) is 16.7. The van der Waals surface area contributed by atoms with E-state index in [1.807, 2.05) is 0 Å². The minimum Gasteiger partial charge on any atom is -0.258 e. The fourth-order valence-corrected chi connectivity index (χ4v) is 4.79. The van der Waals surface area contributed by atoms with Gasteiger partial charge in [0.05, 0.1) is 20.4 Å². The van der Waals surface area contributed by atoms with E-state index in [-0.39, 0.29) is 16.3 Å². The van der Waals surface area contributed by atoms with Crippen molar-refractivity contribution >= 4 is 26.9 Å². The highest BCUT2D eigenvalue weighted by Gasteiger charge is 2.36. The maximum atomic E-state index is 13.4. The molecule has 2 heterocycles. The summed E-state index contributed by atoms with van der Waals surface area (Å²) in [5.74, 6) is 0. The topological polar surface area (TPSA) is 95.1 Å². The molecule has 0 unspecified atom stereocenters. The number of benzene rings is 2. The van der Waals surface area contributed by atoms with E-state index in [1.165, 1.54) is 36.4 Å². The van der Waals surface area contributed by atoms with Crippen molar-refractivity contribution in [1.29, 1.82) is 0 Å². The van der Waals surface area contributed by atoms with Crippen LogP contribution in [0.15, 0.2) is 70.9 Å². The first kappa shape index (κ1) is 22.7. The largest absolute Gasteiger partial charge is 0.435 e. The van der Waals surface area contributed by atoms with Crippen LogP contribution in [0.3, 0.4) is 0 Å². The van der Waals surface area contributed by atoms with E-state index >= 15 is 0 Å². The molecule has 0 bridgehead atoms. The minimum atomic E-state index is -4.76. The van der Waals surface area contributed by atoms with Crippen LogP contribution in [0.4, 0.5) is 18.9 Å². The molecule has 0 radical (unpaired) electrons. The Bertz CT molecular complexity index is 1470. The van der Waals surface area contributed by atoms with Crippen LogP contribution in [0.25, 0.3) is 27.4 Å². The van der Waals surface area contributed by atoms with Crippen molar-refractivity contribution < 1.29 is 26.5 Å². The second-order valence-corrected chi connectivity index (χ2v) is 10.00. The zero-order valence-electron chi connectivity index (χ0n) is 16.8. The molecule has 0 atom stereocenters. The lowest BCUT2D eigenvalue weighted by molar-refractivity contribution is -0.384. The summed E-state index contributed by atoms with van der Waals surface area (Å²) >= 11 is 1.11. The molecule has 2 aromatic carbocycles. The summed E-state index contributed by atoms with van der Waals surface area (Å²) in [6, 6.07) is 14.0. The number of para-hydroxylation sites is 2. The predicted octanol–water partition coefficient (Wildman–Crippen LogP) is 5.60. The molecule has 12 heteroatoms. The quantitative estimate of drug-likeness (QED) is 0.266. The van der Waals surface area contributed by atoms with Crippen molar-refractivity contribution in [3.05, 3.63) is 81.9 Å². The molecular formula is C21H14F3N3O4S2. The van der Waals surface area contributed by atoms with Gasteiger partial charge in [-0.1, -0.05) is 24.3 Å². The first-order chi connectivity index (χ1) is 15.4. The number of alkyl halides is 3. The smallest absolute Gasteiger partial charge is 0.258 e. The minimum absolute atomic E-state index is 0.0205. The van der Waals surface area contributed by atoms with Crippen molar-refractivity contribution in [2.45, 2.75) is 11.1 Å². The number of sulfone groups is 1. The second kappa shape index (κ2) is 8.12. The molecule has 0 spiro atoms. The van der Waals surface area contributed by atoms with Crippen molar-refractivity contribution in [3.8, 4) is 27.4 Å². The Morgan fingerprint density at radius 1 is 1.03 bits per heavy atom. The normalized spacial score (nSPS) is 12.1. The number of aromatic nitrogens is 2. The van der Waals surface area contributed by atoms with Crippen LogP contribution in [0.2, 0.25) is 0 Å². The van der Waals surface area contributed by atoms with E-state index in [2.05, 4.69) is 5.10 Å². The van der Waals surface area contributed by atoms with Gasteiger partial charge in [-0.3, -0.25) is 10.1 Å². The van der Waals surface area contributed by atoms with Crippen LogP contribution >= 0.6 is 11.3 Å². The monoisotopic (exact) mass is 493 g/mol. The molecule has 0 aliphatic rings. The lowest BCUT2D eigenvalue weighted by Crippen LogP contribution is -2.08. The van der Waals surface area contributed by atoms with Gasteiger partial charge in [-0.2, -0.15) is 18.3 Å². The van der Waals surface area contributed by atoms with Gasteiger partial charge in [0.25, 0.3) is 5.69 Å². The highest BCUT2D eigenvalue weighted by molar-refractivity contribution is 7.90. The van der Waals surface area contributed by atoms with Crippen molar-refractivity contribution in [2.24, 2.45) is 0 Å². The van der Waals surface area contributed by atoms with Crippen LogP contribution in [-0.4, -0.2) is 29.4 Å². The summed E-state index contributed by atoms with van der Waals surface area (Å²) in [6.45, 7) is 0. The molecule has 0 saturated carbocycles. The molecule has 7 nitrogen and oxygen atoms in total. The van der Waals surface area contributed by atoms with E-state index in [4.69, 9.17) is 0 Å². The Balaban J connectivity index is 1.87. The van der Waals surface area contributed by atoms with Gasteiger partial charge >= 0.3 is 6.18 Å². The zero-order chi connectivity index (χ0) is 24.0. The molecule has 33 heavy (non-hydrogen) atoms.